The molecule has 10 heteroatoms. The summed E-state index contributed by atoms with van der Waals surface area (Å²) in [5.41, 5.74) is 2.80. The molecule has 8 nitrogen and oxygen atoms in total. The van der Waals surface area contributed by atoms with Gasteiger partial charge in [0, 0.05) is 53.0 Å². The molecule has 0 bridgehead atoms. The number of aromatic amines is 1. The predicted molar refractivity (Wildman–Crippen MR) is 103 cm³/mol. The number of nitrogens with one attached hydrogen (secondary N) is 1. The van der Waals surface area contributed by atoms with E-state index in [0.717, 1.165) is 37.9 Å². The molecule has 0 saturated heterocycles. The highest BCUT2D eigenvalue weighted by Gasteiger charge is 2.26. The first-order chi connectivity index (χ1) is 13.0. The van der Waals surface area contributed by atoms with E-state index in [-0.39, 0.29) is 4.90 Å². The van der Waals surface area contributed by atoms with Crippen LogP contribution in [0.5, 0.6) is 0 Å². The highest BCUT2D eigenvalue weighted by atomic mass is 32.2. The van der Waals surface area contributed by atoms with Crippen molar-refractivity contribution in [2.75, 3.05) is 11.4 Å². The van der Waals surface area contributed by atoms with Gasteiger partial charge in [0.25, 0.3) is 10.0 Å². The minimum Gasteiger partial charge on any atom is -0.361 e. The third kappa shape index (κ3) is 2.72. The second-order valence-electron chi connectivity index (χ2n) is 6.55. The van der Waals surface area contributed by atoms with Gasteiger partial charge in [-0.15, -0.1) is 0 Å². The van der Waals surface area contributed by atoms with Crippen LogP contribution < -0.4 is 4.31 Å². The number of fused-ring (bicyclic) bond motifs is 1. The van der Waals surface area contributed by atoms with Crippen LogP contribution in [-0.4, -0.2) is 39.6 Å². The fourth-order valence-corrected chi connectivity index (χ4v) is 4.96. The summed E-state index contributed by atoms with van der Waals surface area (Å²) in [5.74, 6) is 0. The summed E-state index contributed by atoms with van der Waals surface area (Å²) >= 11 is 1.04. The molecule has 4 aromatic rings. The summed E-state index contributed by atoms with van der Waals surface area (Å²) < 4.78 is 32.8. The van der Waals surface area contributed by atoms with Gasteiger partial charge in [0.05, 0.1) is 17.1 Å². The first kappa shape index (κ1) is 16.5. The zero-order valence-electron chi connectivity index (χ0n) is 14.4. The van der Waals surface area contributed by atoms with E-state index in [1.165, 1.54) is 26.2 Å². The average Bonchev–Trinajstić information content (AvgIpc) is 3.09. The monoisotopic (exact) mass is 400 g/mol. The van der Waals surface area contributed by atoms with Crippen LogP contribution in [0.1, 0.15) is 18.9 Å². The van der Waals surface area contributed by atoms with E-state index >= 15 is 0 Å². The normalized spacial score (nSPS) is 14.7. The lowest BCUT2D eigenvalue weighted by molar-refractivity contribution is 0.594. The summed E-state index contributed by atoms with van der Waals surface area (Å²) in [6.45, 7) is 0. The van der Waals surface area contributed by atoms with Crippen molar-refractivity contribution in [2.24, 2.45) is 0 Å². The van der Waals surface area contributed by atoms with Gasteiger partial charge >= 0.3 is 0 Å². The molecule has 0 aliphatic heterocycles. The van der Waals surface area contributed by atoms with Crippen LogP contribution in [0.2, 0.25) is 0 Å². The highest BCUT2D eigenvalue weighted by Crippen LogP contribution is 2.36. The lowest BCUT2D eigenvalue weighted by atomic mass is 10.1. The van der Waals surface area contributed by atoms with Gasteiger partial charge in [-0.25, -0.2) is 17.7 Å². The Bertz CT molecular complexity index is 1220. The van der Waals surface area contributed by atoms with Gasteiger partial charge in [-0.2, -0.15) is 9.47 Å². The van der Waals surface area contributed by atoms with Crippen LogP contribution in [0.15, 0.2) is 48.0 Å². The number of anilines is 1. The van der Waals surface area contributed by atoms with Gasteiger partial charge in [-0.1, -0.05) is 6.07 Å². The molecule has 0 radical (unpaired) electrons. The summed E-state index contributed by atoms with van der Waals surface area (Å²) in [7, 11) is -2.22. The number of benzene rings is 1. The Hall–Kier alpha value is -2.72. The number of hydrogen-bond donors (Lipinski definition) is 1. The highest BCUT2D eigenvalue weighted by molar-refractivity contribution is 7.93. The SMILES string of the molecule is CN(c1ncns1)S(=O)(=O)c1ccc2c(-c3cnn(C4CC4)c3)c[nH]c2c1. The molecule has 0 unspecified atom stereocenters. The van der Waals surface area contributed by atoms with Crippen molar-refractivity contribution in [2.45, 2.75) is 23.8 Å². The van der Waals surface area contributed by atoms with E-state index in [9.17, 15) is 8.42 Å². The van der Waals surface area contributed by atoms with Gasteiger partial charge in [0.2, 0.25) is 5.13 Å². The largest absolute Gasteiger partial charge is 0.361 e. The number of rotatable bonds is 5. The molecule has 1 aromatic carbocycles. The van der Waals surface area contributed by atoms with Crippen molar-refractivity contribution in [3.8, 4) is 11.1 Å². The van der Waals surface area contributed by atoms with Crippen molar-refractivity contribution in [1.29, 1.82) is 0 Å². The predicted octanol–water partition coefficient (Wildman–Crippen LogP) is 3.04. The topological polar surface area (TPSA) is 96.8 Å². The minimum absolute atomic E-state index is 0.203. The molecule has 5 rings (SSSR count). The summed E-state index contributed by atoms with van der Waals surface area (Å²) in [6, 6.07) is 5.63. The minimum atomic E-state index is -3.70. The molecule has 0 amide bonds. The lowest BCUT2D eigenvalue weighted by Gasteiger charge is -2.15. The molecule has 0 atom stereocenters. The van der Waals surface area contributed by atoms with E-state index in [4.69, 9.17) is 0 Å². The molecule has 1 fully saturated rings. The molecule has 138 valence electrons. The zero-order chi connectivity index (χ0) is 18.6. The van der Waals surface area contributed by atoms with Crippen molar-refractivity contribution in [1.82, 2.24) is 24.1 Å². The second-order valence-corrected chi connectivity index (χ2v) is 9.27. The summed E-state index contributed by atoms with van der Waals surface area (Å²) in [5, 5.41) is 5.73. The van der Waals surface area contributed by atoms with Crippen LogP contribution in [0.4, 0.5) is 5.13 Å². The Balaban J connectivity index is 1.53. The van der Waals surface area contributed by atoms with Crippen molar-refractivity contribution in [3.63, 3.8) is 0 Å². The quantitative estimate of drug-likeness (QED) is 0.555. The second kappa shape index (κ2) is 5.89. The van der Waals surface area contributed by atoms with Crippen molar-refractivity contribution in [3.05, 3.63) is 43.1 Å². The van der Waals surface area contributed by atoms with Crippen molar-refractivity contribution >= 4 is 37.6 Å². The van der Waals surface area contributed by atoms with Gasteiger partial charge in [0.1, 0.15) is 6.33 Å². The molecule has 0 spiro atoms. The molecule has 3 aromatic heterocycles. The average molecular weight is 400 g/mol. The van der Waals surface area contributed by atoms with Crippen LogP contribution in [0, 0.1) is 0 Å². The lowest BCUT2D eigenvalue weighted by Crippen LogP contribution is -2.26. The van der Waals surface area contributed by atoms with E-state index in [0.29, 0.717) is 11.2 Å². The van der Waals surface area contributed by atoms with E-state index in [1.54, 1.807) is 12.1 Å². The maximum absolute atomic E-state index is 12.9. The van der Waals surface area contributed by atoms with E-state index < -0.39 is 10.0 Å². The maximum Gasteiger partial charge on any atom is 0.265 e. The Labute approximate surface area is 159 Å². The number of hydrogen-bond acceptors (Lipinski definition) is 6. The Morgan fingerprint density at radius 3 is 2.93 bits per heavy atom. The number of nitrogens with zero attached hydrogens (tertiary/aromatic N) is 5. The number of H-pyrrole nitrogens is 1. The van der Waals surface area contributed by atoms with Gasteiger partial charge in [0.15, 0.2) is 0 Å². The molecule has 1 aliphatic rings. The van der Waals surface area contributed by atoms with E-state index in [2.05, 4.69) is 19.4 Å². The molecule has 3 heterocycles. The maximum atomic E-state index is 12.9. The first-order valence-electron chi connectivity index (χ1n) is 8.45. The smallest absolute Gasteiger partial charge is 0.265 e. The standard InChI is InChI=1S/C17H16N6O2S2/c1-22(17-19-10-21-26-17)27(24,25)13-4-5-14-15(8-18-16(14)6-13)11-7-20-23(9-11)12-2-3-12/h4-10,12,18H,2-3H2,1H3. The number of aromatic nitrogens is 5. The third-order valence-corrected chi connectivity index (χ3v) is 7.37. The van der Waals surface area contributed by atoms with Crippen LogP contribution in [0.3, 0.4) is 0 Å². The summed E-state index contributed by atoms with van der Waals surface area (Å²) in [6.07, 6.45) is 9.50. The third-order valence-electron chi connectivity index (χ3n) is 4.76. The molecule has 27 heavy (non-hydrogen) atoms. The molecular weight excluding hydrogens is 384 g/mol. The fourth-order valence-electron chi connectivity index (χ4n) is 3.09. The molecule has 1 saturated carbocycles. The molecule has 1 aliphatic carbocycles. The van der Waals surface area contributed by atoms with E-state index in [1.807, 2.05) is 29.3 Å². The van der Waals surface area contributed by atoms with Gasteiger partial charge in [-0.05, 0) is 25.0 Å². The zero-order valence-corrected chi connectivity index (χ0v) is 16.0. The van der Waals surface area contributed by atoms with Crippen LogP contribution in [-0.2, 0) is 10.0 Å². The first-order valence-corrected chi connectivity index (χ1v) is 10.7. The molecular formula is C17H16N6O2S2. The van der Waals surface area contributed by atoms with Crippen LogP contribution in [0.25, 0.3) is 22.0 Å². The van der Waals surface area contributed by atoms with Crippen LogP contribution >= 0.6 is 11.5 Å². The summed E-state index contributed by atoms with van der Waals surface area (Å²) in [4.78, 5) is 7.36. The van der Waals surface area contributed by atoms with Gasteiger partial charge < -0.3 is 4.98 Å². The Kier molecular flexibility index (Phi) is 3.59. The number of sulfonamides is 1. The fraction of sp³-hybridized carbons (Fsp3) is 0.235. The molecule has 1 N–H and O–H groups in total. The Morgan fingerprint density at radius 1 is 1.33 bits per heavy atom. The van der Waals surface area contributed by atoms with Crippen molar-refractivity contribution < 1.29 is 8.42 Å². The van der Waals surface area contributed by atoms with Gasteiger partial charge in [-0.3, -0.25) is 4.68 Å². The Morgan fingerprint density at radius 2 is 2.19 bits per heavy atom.